The first-order valence-electron chi connectivity index (χ1n) is 16.6. The van der Waals surface area contributed by atoms with Crippen molar-refractivity contribution in [3.05, 3.63) is 77.9 Å². The Hall–Kier alpha value is -3.85. The molecule has 0 saturated heterocycles. The van der Waals surface area contributed by atoms with Crippen LogP contribution in [0.1, 0.15) is 91.5 Å². The molecule has 0 spiro atoms. The van der Waals surface area contributed by atoms with E-state index in [0.717, 1.165) is 47.7 Å². The molecule has 3 aromatic rings. The number of aromatic amines is 1. The molecule has 0 bridgehead atoms. The molecule has 0 saturated carbocycles. The first-order chi connectivity index (χ1) is 22.1. The summed E-state index contributed by atoms with van der Waals surface area (Å²) in [5, 5.41) is 0. The fraction of sp³-hybridized carbons (Fsp3) is 0.553. The van der Waals surface area contributed by atoms with Crippen molar-refractivity contribution in [1.29, 1.82) is 0 Å². The van der Waals surface area contributed by atoms with Crippen LogP contribution in [0.3, 0.4) is 0 Å². The molecule has 0 unspecified atom stereocenters. The number of carbonyl (C=O) groups is 2. The van der Waals surface area contributed by atoms with Gasteiger partial charge in [-0.1, -0.05) is 58.9 Å². The van der Waals surface area contributed by atoms with E-state index in [9.17, 15) is 9.59 Å². The van der Waals surface area contributed by atoms with Gasteiger partial charge in [-0.15, -0.1) is 0 Å². The monoisotopic (exact) mass is 649 g/mol. The van der Waals surface area contributed by atoms with Crippen molar-refractivity contribution in [2.45, 2.75) is 92.0 Å². The summed E-state index contributed by atoms with van der Waals surface area (Å²) < 4.78 is 22.4. The lowest BCUT2D eigenvalue weighted by molar-refractivity contribution is -0.145. The van der Waals surface area contributed by atoms with Crippen LogP contribution >= 0.6 is 0 Å². The van der Waals surface area contributed by atoms with Crippen LogP contribution in [-0.2, 0) is 30.9 Å². The minimum Gasteiger partial charge on any atom is -0.490 e. The number of esters is 2. The fourth-order valence-corrected chi connectivity index (χ4v) is 5.04. The lowest BCUT2D eigenvalue weighted by Crippen LogP contribution is -2.43. The summed E-state index contributed by atoms with van der Waals surface area (Å²) in [6.07, 6.45) is 5.90. The number of imidazole rings is 1. The third kappa shape index (κ3) is 13.4. The van der Waals surface area contributed by atoms with E-state index in [1.54, 1.807) is 6.33 Å². The average molecular weight is 650 g/mol. The van der Waals surface area contributed by atoms with Crippen LogP contribution < -0.4 is 9.47 Å². The molecule has 0 amide bonds. The van der Waals surface area contributed by atoms with E-state index in [4.69, 9.17) is 18.9 Å². The summed E-state index contributed by atoms with van der Waals surface area (Å²) in [6, 6.07) is 16.0. The predicted octanol–water partition coefficient (Wildman–Crippen LogP) is 7.14. The summed E-state index contributed by atoms with van der Waals surface area (Å²) in [4.78, 5) is 33.8. The summed E-state index contributed by atoms with van der Waals surface area (Å²) in [6.45, 7) is 19.6. The Bertz CT molecular complexity index is 1350. The van der Waals surface area contributed by atoms with Gasteiger partial charge in [0.2, 0.25) is 0 Å². The Morgan fingerprint density at radius 3 is 1.66 bits per heavy atom. The van der Waals surface area contributed by atoms with Crippen LogP contribution in [0, 0.1) is 5.41 Å². The van der Waals surface area contributed by atoms with Crippen LogP contribution in [0.25, 0.3) is 0 Å². The molecule has 9 heteroatoms. The Balaban J connectivity index is 1.37. The molecule has 1 aromatic heterocycles. The van der Waals surface area contributed by atoms with Crippen molar-refractivity contribution in [2.24, 2.45) is 5.41 Å². The molecule has 1 N–H and O–H groups in total. The zero-order valence-corrected chi connectivity index (χ0v) is 29.7. The van der Waals surface area contributed by atoms with E-state index in [-0.39, 0.29) is 48.1 Å². The minimum atomic E-state index is -0.242. The molecular formula is C38H55N3O6. The highest BCUT2D eigenvalue weighted by Gasteiger charge is 2.24. The molecule has 0 atom stereocenters. The number of hydrogen-bond donors (Lipinski definition) is 1. The fourth-order valence-electron chi connectivity index (χ4n) is 5.04. The predicted molar refractivity (Wildman–Crippen MR) is 185 cm³/mol. The van der Waals surface area contributed by atoms with Crippen molar-refractivity contribution < 1.29 is 28.5 Å². The zero-order chi connectivity index (χ0) is 34.5. The Labute approximate surface area is 281 Å². The lowest BCUT2D eigenvalue weighted by atomic mass is 9.78. The third-order valence-electron chi connectivity index (χ3n) is 8.20. The molecule has 258 valence electrons. The van der Waals surface area contributed by atoms with Crippen LogP contribution in [0.4, 0.5) is 0 Å². The highest BCUT2D eigenvalue weighted by molar-refractivity contribution is 5.69. The van der Waals surface area contributed by atoms with Gasteiger partial charge in [0.05, 0.1) is 12.7 Å². The van der Waals surface area contributed by atoms with Gasteiger partial charge in [-0.2, -0.15) is 0 Å². The normalized spacial score (nSPS) is 12.2. The van der Waals surface area contributed by atoms with Gasteiger partial charge in [0.1, 0.15) is 37.9 Å². The van der Waals surface area contributed by atoms with Crippen molar-refractivity contribution >= 4 is 11.9 Å². The number of aromatic nitrogens is 2. The van der Waals surface area contributed by atoms with Crippen LogP contribution in [-0.4, -0.2) is 71.9 Å². The van der Waals surface area contributed by atoms with Gasteiger partial charge in [0, 0.05) is 48.8 Å². The number of H-pyrrole nitrogens is 1. The van der Waals surface area contributed by atoms with Gasteiger partial charge in [0.25, 0.3) is 0 Å². The molecule has 2 aromatic carbocycles. The number of ether oxygens (including phenoxy) is 4. The van der Waals surface area contributed by atoms with Gasteiger partial charge >= 0.3 is 11.9 Å². The van der Waals surface area contributed by atoms with Gasteiger partial charge < -0.3 is 23.9 Å². The number of carbonyl (C=O) groups excluding carboxylic acids is 2. The number of nitrogens with one attached hydrogen (secondary N) is 1. The highest BCUT2D eigenvalue weighted by atomic mass is 16.6. The maximum atomic E-state index is 12.4. The van der Waals surface area contributed by atoms with Crippen LogP contribution in [0.5, 0.6) is 11.5 Å². The van der Waals surface area contributed by atoms with E-state index in [1.165, 1.54) is 0 Å². The van der Waals surface area contributed by atoms with E-state index in [1.807, 2.05) is 30.5 Å². The topological polar surface area (TPSA) is 103 Å². The first kappa shape index (κ1) is 37.6. The maximum absolute atomic E-state index is 12.4. The smallest absolute Gasteiger partial charge is 0.307 e. The van der Waals surface area contributed by atoms with Crippen molar-refractivity contribution in [2.75, 3.05) is 39.5 Å². The molecule has 3 rings (SSSR count). The molecule has 9 nitrogen and oxygen atoms in total. The van der Waals surface area contributed by atoms with Crippen LogP contribution in [0.2, 0.25) is 0 Å². The van der Waals surface area contributed by atoms with Gasteiger partial charge in [-0.25, -0.2) is 4.98 Å². The van der Waals surface area contributed by atoms with E-state index in [0.29, 0.717) is 26.0 Å². The van der Waals surface area contributed by atoms with Crippen molar-refractivity contribution in [3.8, 4) is 11.5 Å². The lowest BCUT2D eigenvalue weighted by Gasteiger charge is -2.35. The maximum Gasteiger partial charge on any atom is 0.307 e. The summed E-state index contributed by atoms with van der Waals surface area (Å²) in [5.41, 5.74) is 3.17. The summed E-state index contributed by atoms with van der Waals surface area (Å²) in [5.74, 6) is 1.04. The first-order valence-corrected chi connectivity index (χ1v) is 16.6. The van der Waals surface area contributed by atoms with Gasteiger partial charge in [-0.05, 0) is 68.0 Å². The Morgan fingerprint density at radius 1 is 0.702 bits per heavy atom. The summed E-state index contributed by atoms with van der Waals surface area (Å²) in [7, 11) is 0. The molecule has 0 aliphatic heterocycles. The quantitative estimate of drug-likeness (QED) is 0.115. The second kappa shape index (κ2) is 17.3. The second-order valence-corrected chi connectivity index (χ2v) is 14.6. The molecule has 0 aliphatic carbocycles. The van der Waals surface area contributed by atoms with Crippen LogP contribution in [0.15, 0.2) is 61.1 Å². The van der Waals surface area contributed by atoms with E-state index >= 15 is 0 Å². The third-order valence-corrected chi connectivity index (χ3v) is 8.20. The zero-order valence-electron chi connectivity index (χ0n) is 29.7. The molecule has 0 radical (unpaired) electrons. The molecule has 0 fully saturated rings. The number of nitrogens with zero attached hydrogens (tertiary/aromatic N) is 2. The summed E-state index contributed by atoms with van der Waals surface area (Å²) >= 11 is 0. The Morgan fingerprint density at radius 2 is 1.21 bits per heavy atom. The highest BCUT2D eigenvalue weighted by Crippen LogP contribution is 2.33. The number of hydrogen-bond acceptors (Lipinski definition) is 8. The number of rotatable bonds is 18. The van der Waals surface area contributed by atoms with E-state index in [2.05, 4.69) is 94.5 Å². The molecule has 47 heavy (non-hydrogen) atoms. The number of benzene rings is 2. The molecular weight excluding hydrogens is 594 g/mol. The van der Waals surface area contributed by atoms with Crippen molar-refractivity contribution in [3.63, 3.8) is 0 Å². The average Bonchev–Trinajstić information content (AvgIpc) is 3.53. The van der Waals surface area contributed by atoms with E-state index < -0.39 is 0 Å². The minimum absolute atomic E-state index is 0.0628. The van der Waals surface area contributed by atoms with Gasteiger partial charge in [-0.3, -0.25) is 14.5 Å². The van der Waals surface area contributed by atoms with Crippen molar-refractivity contribution in [1.82, 2.24) is 14.9 Å². The molecule has 1 heterocycles. The SMILES string of the molecule is CC(C)(C)CCC(=O)OCCOc1ccc(C(C)(C)c2ccc(OCCOC(=O)CCN(CCc3cnc[nH]3)C(C)(C)C)cc2)cc1. The van der Waals surface area contributed by atoms with Gasteiger partial charge in [0.15, 0.2) is 0 Å². The second-order valence-electron chi connectivity index (χ2n) is 14.6. The standard InChI is InChI=1S/C38H55N3O6/c1-36(2,3)20-17-34(42)46-25-23-44-32-13-9-29(10-14-32)38(7,8)30-11-15-33(16-12-30)45-24-26-47-35(43)19-22-41(37(4,5)6)21-18-31-27-39-28-40-31/h9-16,27-28H,17-26H2,1-8H3,(H,39,40). The largest absolute Gasteiger partial charge is 0.490 e. The Kier molecular flexibility index (Phi) is 13.9. The molecule has 0 aliphatic rings.